The van der Waals surface area contributed by atoms with Crippen molar-refractivity contribution in [3.05, 3.63) is 93.2 Å². The smallest absolute Gasteiger partial charge is 0.337 e. The van der Waals surface area contributed by atoms with Crippen molar-refractivity contribution in [2.24, 2.45) is 0 Å². The molecule has 0 heterocycles. The van der Waals surface area contributed by atoms with E-state index in [1.165, 1.54) is 18.2 Å². The maximum atomic E-state index is 14.3. The van der Waals surface area contributed by atoms with Crippen LogP contribution in [-0.2, 0) is 10.0 Å². The number of ketones is 1. The molecule has 0 aliphatic carbocycles. The van der Waals surface area contributed by atoms with Crippen molar-refractivity contribution in [2.75, 3.05) is 4.72 Å². The zero-order valence-corrected chi connectivity index (χ0v) is 17.2. The number of sulfonamides is 1. The Balaban J connectivity index is 2.08. The fourth-order valence-corrected chi connectivity index (χ4v) is 4.21. The van der Waals surface area contributed by atoms with Crippen LogP contribution in [0.4, 0.5) is 10.1 Å². The van der Waals surface area contributed by atoms with Gasteiger partial charge in [-0.1, -0.05) is 53.5 Å². The third-order valence-electron chi connectivity index (χ3n) is 4.05. The quantitative estimate of drug-likeness (QED) is 0.504. The first-order chi connectivity index (χ1) is 14.1. The van der Waals surface area contributed by atoms with Gasteiger partial charge in [-0.15, -0.1) is 0 Å². The van der Waals surface area contributed by atoms with E-state index in [-0.39, 0.29) is 21.8 Å². The summed E-state index contributed by atoms with van der Waals surface area (Å²) in [5.41, 5.74) is -0.522. The molecule has 0 atom stereocenters. The fraction of sp³-hybridized carbons (Fsp3) is 0. The summed E-state index contributed by atoms with van der Waals surface area (Å²) in [5, 5.41) is 8.86. The summed E-state index contributed by atoms with van der Waals surface area (Å²) >= 11 is 11.6. The van der Waals surface area contributed by atoms with Crippen LogP contribution in [0.5, 0.6) is 0 Å². The summed E-state index contributed by atoms with van der Waals surface area (Å²) in [6.07, 6.45) is 0. The van der Waals surface area contributed by atoms with Crippen LogP contribution in [0.25, 0.3) is 0 Å². The van der Waals surface area contributed by atoms with Gasteiger partial charge in [0.2, 0.25) is 0 Å². The van der Waals surface area contributed by atoms with Gasteiger partial charge in [0.15, 0.2) is 5.78 Å². The molecule has 0 aromatic heterocycles. The predicted octanol–water partition coefficient (Wildman–Crippen LogP) is 4.86. The number of carboxylic acid groups (broad SMARTS) is 1. The van der Waals surface area contributed by atoms with Crippen LogP contribution in [0.1, 0.15) is 26.3 Å². The van der Waals surface area contributed by atoms with Crippen LogP contribution >= 0.6 is 23.2 Å². The summed E-state index contributed by atoms with van der Waals surface area (Å²) in [6, 6.07) is 13.1. The number of rotatable bonds is 6. The highest BCUT2D eigenvalue weighted by Crippen LogP contribution is 2.29. The van der Waals surface area contributed by atoms with Crippen molar-refractivity contribution >= 4 is 50.7 Å². The van der Waals surface area contributed by atoms with Crippen LogP contribution in [0.3, 0.4) is 0 Å². The second kappa shape index (κ2) is 8.43. The van der Waals surface area contributed by atoms with Crippen LogP contribution in [0.15, 0.2) is 65.6 Å². The standard InChI is InChI=1S/C20H12Cl2FNO5S/c21-12-6-7-17(14(8-12)19(25)11-4-2-1-3-5-11)24-30(28,29)18-9-13(20(26)27)15(22)10-16(18)23/h1-10,24H,(H,26,27). The summed E-state index contributed by atoms with van der Waals surface area (Å²) in [7, 11) is -4.61. The van der Waals surface area contributed by atoms with Crippen molar-refractivity contribution in [3.63, 3.8) is 0 Å². The Morgan fingerprint density at radius 3 is 2.23 bits per heavy atom. The SMILES string of the molecule is O=C(O)c1cc(S(=O)(=O)Nc2ccc(Cl)cc2C(=O)c2ccccc2)c(F)cc1Cl. The molecule has 0 saturated heterocycles. The first-order valence-electron chi connectivity index (χ1n) is 8.24. The number of anilines is 1. The zero-order chi connectivity index (χ0) is 22.1. The number of hydrogen-bond acceptors (Lipinski definition) is 4. The van der Waals surface area contributed by atoms with Gasteiger partial charge in [0.1, 0.15) is 10.7 Å². The molecule has 0 aliphatic rings. The van der Waals surface area contributed by atoms with Gasteiger partial charge in [-0.3, -0.25) is 9.52 Å². The molecule has 154 valence electrons. The molecule has 30 heavy (non-hydrogen) atoms. The van der Waals surface area contributed by atoms with Gasteiger partial charge in [-0.25, -0.2) is 17.6 Å². The zero-order valence-electron chi connectivity index (χ0n) is 14.9. The molecule has 0 bridgehead atoms. The molecule has 0 unspecified atom stereocenters. The largest absolute Gasteiger partial charge is 0.478 e. The minimum absolute atomic E-state index is 0.0647. The van der Waals surface area contributed by atoms with Gasteiger partial charge in [0.25, 0.3) is 10.0 Å². The predicted molar refractivity (Wildman–Crippen MR) is 111 cm³/mol. The topological polar surface area (TPSA) is 101 Å². The molecule has 0 amide bonds. The third-order valence-corrected chi connectivity index (χ3v) is 5.98. The highest BCUT2D eigenvalue weighted by atomic mass is 35.5. The number of nitrogens with one attached hydrogen (secondary N) is 1. The van der Waals surface area contributed by atoms with E-state index in [4.69, 9.17) is 28.3 Å². The molecule has 6 nitrogen and oxygen atoms in total. The highest BCUT2D eigenvalue weighted by Gasteiger charge is 2.25. The normalized spacial score (nSPS) is 11.2. The third kappa shape index (κ3) is 4.46. The molecular weight excluding hydrogens is 456 g/mol. The average Bonchev–Trinajstić information content (AvgIpc) is 2.68. The lowest BCUT2D eigenvalue weighted by Crippen LogP contribution is -2.18. The Morgan fingerprint density at radius 2 is 1.60 bits per heavy atom. The van der Waals surface area contributed by atoms with E-state index in [9.17, 15) is 22.4 Å². The molecular formula is C20H12Cl2FNO5S. The molecule has 3 rings (SSSR count). The highest BCUT2D eigenvalue weighted by molar-refractivity contribution is 7.92. The van der Waals surface area contributed by atoms with Crippen LogP contribution in [0, 0.1) is 5.82 Å². The second-order valence-corrected chi connectivity index (χ2v) is 8.55. The number of hydrogen-bond donors (Lipinski definition) is 2. The number of halogens is 3. The van der Waals surface area contributed by atoms with Gasteiger partial charge in [-0.05, 0) is 30.3 Å². The molecule has 0 aliphatic heterocycles. The van der Waals surface area contributed by atoms with Crippen LogP contribution in [0.2, 0.25) is 10.0 Å². The van der Waals surface area contributed by atoms with Gasteiger partial charge >= 0.3 is 5.97 Å². The lowest BCUT2D eigenvalue weighted by atomic mass is 10.0. The number of carboxylic acids is 1. The van der Waals surface area contributed by atoms with Crippen molar-refractivity contribution < 1.29 is 27.5 Å². The summed E-state index contributed by atoms with van der Waals surface area (Å²) in [5.74, 6) is -3.29. The molecule has 3 aromatic rings. The van der Waals surface area contributed by atoms with E-state index in [0.29, 0.717) is 12.1 Å². The summed E-state index contributed by atoms with van der Waals surface area (Å²) in [6.45, 7) is 0. The van der Waals surface area contributed by atoms with Crippen molar-refractivity contribution in [3.8, 4) is 0 Å². The van der Waals surface area contributed by atoms with E-state index in [1.54, 1.807) is 30.3 Å². The lowest BCUT2D eigenvalue weighted by molar-refractivity contribution is 0.0696. The first-order valence-corrected chi connectivity index (χ1v) is 10.5. The average molecular weight is 468 g/mol. The Bertz CT molecular complexity index is 1260. The van der Waals surface area contributed by atoms with Crippen molar-refractivity contribution in [1.82, 2.24) is 0 Å². The van der Waals surface area contributed by atoms with E-state index in [2.05, 4.69) is 4.72 Å². The van der Waals surface area contributed by atoms with Crippen molar-refractivity contribution in [1.29, 1.82) is 0 Å². The van der Waals surface area contributed by atoms with Crippen LogP contribution < -0.4 is 4.72 Å². The molecule has 0 spiro atoms. The molecule has 10 heteroatoms. The van der Waals surface area contributed by atoms with E-state index >= 15 is 0 Å². The van der Waals surface area contributed by atoms with Gasteiger partial charge < -0.3 is 5.11 Å². The summed E-state index contributed by atoms with van der Waals surface area (Å²) in [4.78, 5) is 23.1. The molecule has 3 aromatic carbocycles. The van der Waals surface area contributed by atoms with Crippen LogP contribution in [-0.4, -0.2) is 25.3 Å². The number of aromatic carboxylic acids is 1. The maximum absolute atomic E-state index is 14.3. The Hall–Kier alpha value is -2.94. The Kier molecular flexibility index (Phi) is 6.12. The Labute approximate surface area is 180 Å². The number of carbonyl (C=O) groups is 2. The maximum Gasteiger partial charge on any atom is 0.337 e. The van der Waals surface area contributed by atoms with E-state index < -0.39 is 43.1 Å². The minimum Gasteiger partial charge on any atom is -0.478 e. The monoisotopic (exact) mass is 467 g/mol. The number of benzene rings is 3. The lowest BCUT2D eigenvalue weighted by Gasteiger charge is -2.14. The number of carbonyl (C=O) groups excluding carboxylic acids is 1. The summed E-state index contributed by atoms with van der Waals surface area (Å²) < 4.78 is 42.0. The van der Waals surface area contributed by atoms with E-state index in [0.717, 1.165) is 0 Å². The van der Waals surface area contributed by atoms with Gasteiger partial charge in [0.05, 0.1) is 16.3 Å². The van der Waals surface area contributed by atoms with Crippen molar-refractivity contribution in [2.45, 2.75) is 4.90 Å². The minimum atomic E-state index is -4.61. The van der Waals surface area contributed by atoms with E-state index in [1.807, 2.05) is 0 Å². The molecule has 2 N–H and O–H groups in total. The fourth-order valence-electron chi connectivity index (χ4n) is 2.64. The van der Waals surface area contributed by atoms with Gasteiger partial charge in [-0.2, -0.15) is 0 Å². The molecule has 0 fully saturated rings. The van der Waals surface area contributed by atoms with Gasteiger partial charge in [0, 0.05) is 16.1 Å². The second-order valence-electron chi connectivity index (χ2n) is 6.06. The molecule has 0 saturated carbocycles. The Morgan fingerprint density at radius 1 is 0.933 bits per heavy atom. The first kappa shape index (κ1) is 21.8. The molecule has 0 radical (unpaired) electrons.